The maximum atomic E-state index is 13.1. The van der Waals surface area contributed by atoms with Crippen LogP contribution < -0.4 is 10.6 Å². The van der Waals surface area contributed by atoms with Crippen molar-refractivity contribution in [2.75, 3.05) is 10.6 Å². The number of carbonyl (C=O) groups is 1. The van der Waals surface area contributed by atoms with Crippen LogP contribution in [-0.2, 0) is 7.05 Å². The van der Waals surface area contributed by atoms with Gasteiger partial charge < -0.3 is 15.1 Å². The van der Waals surface area contributed by atoms with Crippen LogP contribution in [0.25, 0.3) is 11.1 Å². The molecule has 26 heavy (non-hydrogen) atoms. The summed E-state index contributed by atoms with van der Waals surface area (Å²) in [6.07, 6.45) is 3.60. The van der Waals surface area contributed by atoms with Crippen molar-refractivity contribution < 1.29 is 9.21 Å². The van der Waals surface area contributed by atoms with Crippen LogP contribution in [0.2, 0.25) is 0 Å². The van der Waals surface area contributed by atoms with E-state index in [0.717, 1.165) is 24.2 Å². The number of carbonyl (C=O) groups excluding carboxylic acids is 1. The number of aryl methyl sites for hydroxylation is 3. The molecule has 1 amide bonds. The van der Waals surface area contributed by atoms with Gasteiger partial charge in [-0.1, -0.05) is 0 Å². The minimum atomic E-state index is -0.251. The highest BCUT2D eigenvalue weighted by Gasteiger charge is 2.38. The van der Waals surface area contributed by atoms with E-state index in [1.165, 1.54) is 6.33 Å². The smallest absolute Gasteiger partial charge is 0.260 e. The van der Waals surface area contributed by atoms with E-state index in [-0.39, 0.29) is 11.4 Å². The van der Waals surface area contributed by atoms with Crippen molar-refractivity contribution in [2.45, 2.75) is 46.1 Å². The van der Waals surface area contributed by atoms with Gasteiger partial charge in [0.15, 0.2) is 0 Å². The summed E-state index contributed by atoms with van der Waals surface area (Å²) in [4.78, 5) is 21.6. The zero-order chi connectivity index (χ0) is 18.6. The van der Waals surface area contributed by atoms with E-state index < -0.39 is 0 Å². The number of nitrogens with one attached hydrogen (secondary N) is 2. The van der Waals surface area contributed by atoms with E-state index in [9.17, 15) is 4.79 Å². The molecule has 1 saturated carbocycles. The number of amides is 1. The Morgan fingerprint density at radius 1 is 1.27 bits per heavy atom. The molecule has 1 fully saturated rings. The Morgan fingerprint density at radius 2 is 2.00 bits per heavy atom. The highest BCUT2D eigenvalue weighted by atomic mass is 16.3. The number of nitrogens with zero attached hydrogens (tertiary/aromatic N) is 4. The third kappa shape index (κ3) is 2.61. The molecule has 0 unspecified atom stereocenters. The van der Waals surface area contributed by atoms with E-state index in [2.05, 4.69) is 32.6 Å². The molecule has 0 saturated heterocycles. The molecule has 3 aromatic heterocycles. The standard InChI is InChI=1S/C18H22N6O2/c1-9-14(10(2)24(5)23-9)21-16(25)12-11(3)26-17-13(12)15(19-8-20-17)22-18(4)6-7-18/h8H,6-7H2,1-5H3,(H,21,25)(H,19,20,22). The van der Waals surface area contributed by atoms with Gasteiger partial charge in [0.1, 0.15) is 17.9 Å². The summed E-state index contributed by atoms with van der Waals surface area (Å²) in [5.41, 5.74) is 3.26. The van der Waals surface area contributed by atoms with Crippen molar-refractivity contribution in [1.82, 2.24) is 19.7 Å². The molecule has 136 valence electrons. The van der Waals surface area contributed by atoms with Crippen molar-refractivity contribution >= 4 is 28.5 Å². The van der Waals surface area contributed by atoms with Crippen molar-refractivity contribution in [3.63, 3.8) is 0 Å². The number of hydrogen-bond donors (Lipinski definition) is 2. The maximum Gasteiger partial charge on any atom is 0.260 e. The molecule has 3 aromatic rings. The molecule has 0 radical (unpaired) electrons. The van der Waals surface area contributed by atoms with Gasteiger partial charge in [-0.15, -0.1) is 0 Å². The average molecular weight is 354 g/mol. The number of fused-ring (bicyclic) bond motifs is 1. The molecule has 3 heterocycles. The second kappa shape index (κ2) is 5.55. The number of aromatic nitrogens is 4. The Bertz CT molecular complexity index is 1030. The van der Waals surface area contributed by atoms with E-state index >= 15 is 0 Å². The third-order valence-electron chi connectivity index (χ3n) is 5.06. The van der Waals surface area contributed by atoms with Gasteiger partial charge in [-0.25, -0.2) is 9.97 Å². The van der Waals surface area contributed by atoms with Crippen molar-refractivity contribution in [3.05, 3.63) is 29.0 Å². The summed E-state index contributed by atoms with van der Waals surface area (Å²) < 4.78 is 7.47. The van der Waals surface area contributed by atoms with Gasteiger partial charge in [-0.3, -0.25) is 9.48 Å². The molecule has 2 N–H and O–H groups in total. The lowest BCUT2D eigenvalue weighted by atomic mass is 10.1. The molecule has 0 aromatic carbocycles. The number of anilines is 2. The molecule has 0 spiro atoms. The first kappa shape index (κ1) is 16.6. The molecule has 8 heteroatoms. The summed E-state index contributed by atoms with van der Waals surface area (Å²) in [6, 6.07) is 0. The van der Waals surface area contributed by atoms with E-state index in [1.54, 1.807) is 11.6 Å². The number of rotatable bonds is 4. The first-order valence-corrected chi connectivity index (χ1v) is 8.63. The summed E-state index contributed by atoms with van der Waals surface area (Å²) in [7, 11) is 1.85. The monoisotopic (exact) mass is 354 g/mol. The Labute approximate surface area is 151 Å². The van der Waals surface area contributed by atoms with Crippen molar-refractivity contribution in [2.24, 2.45) is 7.05 Å². The van der Waals surface area contributed by atoms with Gasteiger partial charge in [-0.05, 0) is 40.5 Å². The van der Waals surface area contributed by atoms with Gasteiger partial charge in [0.2, 0.25) is 5.71 Å². The van der Waals surface area contributed by atoms with Gasteiger partial charge in [-0.2, -0.15) is 5.10 Å². The fraction of sp³-hybridized carbons (Fsp3) is 0.444. The van der Waals surface area contributed by atoms with Crippen LogP contribution in [0.1, 0.15) is 47.3 Å². The highest BCUT2D eigenvalue weighted by molar-refractivity contribution is 6.15. The molecular formula is C18H22N6O2. The topological polar surface area (TPSA) is 97.9 Å². The molecule has 1 aliphatic carbocycles. The molecule has 0 bridgehead atoms. The second-order valence-corrected chi connectivity index (χ2v) is 7.24. The van der Waals surface area contributed by atoms with Crippen LogP contribution in [0.15, 0.2) is 10.7 Å². The predicted molar refractivity (Wildman–Crippen MR) is 98.4 cm³/mol. The van der Waals surface area contributed by atoms with Crippen LogP contribution in [0.5, 0.6) is 0 Å². The van der Waals surface area contributed by atoms with Gasteiger partial charge in [0.05, 0.1) is 28.0 Å². The molecule has 4 rings (SSSR count). The van der Waals surface area contributed by atoms with Gasteiger partial charge >= 0.3 is 0 Å². The lowest BCUT2D eigenvalue weighted by Gasteiger charge is -2.13. The first-order chi connectivity index (χ1) is 12.3. The molecule has 0 atom stereocenters. The molecule has 0 aliphatic heterocycles. The van der Waals surface area contributed by atoms with E-state index in [0.29, 0.717) is 33.9 Å². The zero-order valence-corrected chi connectivity index (χ0v) is 15.6. The molecular weight excluding hydrogens is 332 g/mol. The minimum absolute atomic E-state index is 0.0245. The SMILES string of the molecule is Cc1nn(C)c(C)c1NC(=O)c1c(C)oc2ncnc(NC3(C)CC3)c12. The van der Waals surface area contributed by atoms with Crippen LogP contribution in [0.4, 0.5) is 11.5 Å². The minimum Gasteiger partial charge on any atom is -0.442 e. The van der Waals surface area contributed by atoms with E-state index in [4.69, 9.17) is 4.42 Å². The normalized spacial score (nSPS) is 15.3. The quantitative estimate of drug-likeness (QED) is 0.747. The summed E-state index contributed by atoms with van der Waals surface area (Å²) in [5, 5.41) is 11.4. The second-order valence-electron chi connectivity index (χ2n) is 7.24. The van der Waals surface area contributed by atoms with E-state index in [1.807, 2.05) is 20.9 Å². The molecule has 8 nitrogen and oxygen atoms in total. The van der Waals surface area contributed by atoms with Gasteiger partial charge in [0.25, 0.3) is 5.91 Å². The zero-order valence-electron chi connectivity index (χ0n) is 15.6. The van der Waals surface area contributed by atoms with Crippen LogP contribution in [-0.4, -0.2) is 31.2 Å². The maximum absolute atomic E-state index is 13.1. The fourth-order valence-electron chi connectivity index (χ4n) is 3.14. The lowest BCUT2D eigenvalue weighted by molar-refractivity contribution is 0.102. The fourth-order valence-corrected chi connectivity index (χ4v) is 3.14. The van der Waals surface area contributed by atoms with Gasteiger partial charge in [0, 0.05) is 12.6 Å². The lowest BCUT2D eigenvalue weighted by Crippen LogP contribution is -2.19. The van der Waals surface area contributed by atoms with Crippen LogP contribution in [0.3, 0.4) is 0 Å². The first-order valence-electron chi connectivity index (χ1n) is 8.63. The Hall–Kier alpha value is -2.90. The van der Waals surface area contributed by atoms with Crippen LogP contribution in [0, 0.1) is 20.8 Å². The number of furan rings is 1. The Balaban J connectivity index is 1.77. The van der Waals surface area contributed by atoms with Crippen molar-refractivity contribution in [3.8, 4) is 0 Å². The highest BCUT2D eigenvalue weighted by Crippen LogP contribution is 2.40. The Morgan fingerprint density at radius 3 is 2.62 bits per heavy atom. The Kier molecular flexibility index (Phi) is 3.54. The third-order valence-corrected chi connectivity index (χ3v) is 5.06. The molecule has 1 aliphatic rings. The number of hydrogen-bond acceptors (Lipinski definition) is 6. The average Bonchev–Trinajstić information content (AvgIpc) is 3.12. The summed E-state index contributed by atoms with van der Waals surface area (Å²) >= 11 is 0. The predicted octanol–water partition coefficient (Wildman–Crippen LogP) is 3.10. The largest absolute Gasteiger partial charge is 0.442 e. The summed E-state index contributed by atoms with van der Waals surface area (Å²) in [5.74, 6) is 0.900. The summed E-state index contributed by atoms with van der Waals surface area (Å²) in [6.45, 7) is 7.69. The van der Waals surface area contributed by atoms with Crippen molar-refractivity contribution in [1.29, 1.82) is 0 Å². The van der Waals surface area contributed by atoms with Crippen LogP contribution >= 0.6 is 0 Å².